The van der Waals surface area contributed by atoms with Crippen LogP contribution >= 0.6 is 0 Å². The summed E-state index contributed by atoms with van der Waals surface area (Å²) in [4.78, 5) is 37.4. The average Bonchev–Trinajstić information content (AvgIpc) is 3.02. The number of rotatable bonds is 9. The SMILES string of the molecule is Nc1ccc(NC(=O)NCCN2CCOCC2)c(C(F)(F)F)c1.O=C(NCCN1CCOCC1)Nc1ccc([N+](=O)[O-])cc1C(F)(F)F. The molecule has 0 atom stereocenters. The van der Waals surface area contributed by atoms with Gasteiger partial charge in [-0.05, 0) is 24.3 Å². The quantitative estimate of drug-likeness (QED) is 0.113. The summed E-state index contributed by atoms with van der Waals surface area (Å²) in [5.74, 6) is 0. The Morgan fingerprint density at radius 3 is 1.58 bits per heavy atom. The zero-order chi connectivity index (χ0) is 35.3. The van der Waals surface area contributed by atoms with Gasteiger partial charge in [0.05, 0.1) is 53.9 Å². The first-order valence-electron chi connectivity index (χ1n) is 14.7. The lowest BCUT2D eigenvalue weighted by molar-refractivity contribution is -0.385. The first-order chi connectivity index (χ1) is 22.6. The Morgan fingerprint density at radius 1 is 0.750 bits per heavy atom. The highest BCUT2D eigenvalue weighted by atomic mass is 19.4. The maximum absolute atomic E-state index is 13.0. The van der Waals surface area contributed by atoms with Gasteiger partial charge in [0, 0.05) is 70.2 Å². The summed E-state index contributed by atoms with van der Waals surface area (Å²) in [5, 5.41) is 19.9. The standard InChI is InChI=1S/C14H17F3N4O4.C14H19F3N4O2/c15-14(16,17)11-9-10(21(23)24)1-2-12(11)19-13(22)18-3-4-20-5-7-25-8-6-20;15-14(16,17)11-9-10(18)1-2-12(11)20-13(22)19-3-4-21-5-7-23-8-6-21/h1-2,9H,3-8H2,(H2,18,19,22);1-2,9H,3-8,18H2,(H2,19,20,22). The Bertz CT molecular complexity index is 1390. The number of nitro benzene ring substituents is 1. The van der Waals surface area contributed by atoms with Crippen molar-refractivity contribution in [2.45, 2.75) is 12.4 Å². The molecule has 266 valence electrons. The number of hydrogen-bond donors (Lipinski definition) is 5. The second kappa shape index (κ2) is 17.7. The lowest BCUT2D eigenvalue weighted by atomic mass is 10.1. The third kappa shape index (κ3) is 12.7. The minimum absolute atomic E-state index is 0.0180. The van der Waals surface area contributed by atoms with E-state index < -0.39 is 51.8 Å². The van der Waals surface area contributed by atoms with Gasteiger partial charge in [-0.2, -0.15) is 26.3 Å². The van der Waals surface area contributed by atoms with E-state index in [1.165, 1.54) is 6.07 Å². The number of morpholine rings is 2. The van der Waals surface area contributed by atoms with Crippen LogP contribution < -0.4 is 27.0 Å². The van der Waals surface area contributed by atoms with Gasteiger partial charge < -0.3 is 36.5 Å². The third-order valence-electron chi connectivity index (χ3n) is 7.00. The number of nitrogens with zero attached hydrogens (tertiary/aromatic N) is 3. The highest BCUT2D eigenvalue weighted by molar-refractivity contribution is 5.91. The van der Waals surface area contributed by atoms with Crippen LogP contribution in [0.3, 0.4) is 0 Å². The van der Waals surface area contributed by atoms with E-state index in [0.717, 1.165) is 50.4 Å². The van der Waals surface area contributed by atoms with Gasteiger partial charge in [0.2, 0.25) is 0 Å². The average molecular weight is 695 g/mol. The summed E-state index contributed by atoms with van der Waals surface area (Å²) in [7, 11) is 0. The number of hydrogen-bond acceptors (Lipinski definition) is 9. The molecule has 4 rings (SSSR count). The van der Waals surface area contributed by atoms with Crippen molar-refractivity contribution in [1.29, 1.82) is 0 Å². The van der Waals surface area contributed by atoms with Gasteiger partial charge in [0.25, 0.3) is 5.69 Å². The maximum atomic E-state index is 13.0. The monoisotopic (exact) mass is 694 g/mol. The molecule has 48 heavy (non-hydrogen) atoms. The van der Waals surface area contributed by atoms with Gasteiger partial charge in [0.15, 0.2) is 0 Å². The van der Waals surface area contributed by atoms with Crippen LogP contribution in [0, 0.1) is 10.1 Å². The highest BCUT2D eigenvalue weighted by Crippen LogP contribution is 2.37. The molecule has 2 fully saturated rings. The molecule has 0 bridgehead atoms. The molecule has 2 aliphatic heterocycles. The lowest BCUT2D eigenvalue weighted by Crippen LogP contribution is -2.42. The molecule has 2 aromatic rings. The number of benzene rings is 2. The van der Waals surface area contributed by atoms with Crippen molar-refractivity contribution in [3.63, 3.8) is 0 Å². The number of nitrogens with two attached hydrogens (primary N) is 1. The molecule has 20 heteroatoms. The van der Waals surface area contributed by atoms with Crippen LogP contribution in [0.1, 0.15) is 11.1 Å². The molecule has 4 amide bonds. The number of nitrogens with one attached hydrogen (secondary N) is 4. The molecule has 2 aromatic carbocycles. The first kappa shape index (κ1) is 38.1. The van der Waals surface area contributed by atoms with E-state index in [0.29, 0.717) is 52.1 Å². The minimum atomic E-state index is -4.83. The molecule has 2 aliphatic rings. The van der Waals surface area contributed by atoms with Crippen LogP contribution in [-0.2, 0) is 21.8 Å². The van der Waals surface area contributed by atoms with Gasteiger partial charge in [-0.25, -0.2) is 9.59 Å². The number of halogens is 6. The number of urea groups is 2. The van der Waals surface area contributed by atoms with Crippen LogP contribution in [0.15, 0.2) is 36.4 Å². The molecule has 0 spiro atoms. The number of non-ortho nitro benzene ring substituents is 1. The molecule has 14 nitrogen and oxygen atoms in total. The van der Waals surface area contributed by atoms with Gasteiger partial charge in [0.1, 0.15) is 0 Å². The van der Waals surface area contributed by atoms with Crippen LogP contribution in [0.2, 0.25) is 0 Å². The van der Waals surface area contributed by atoms with Gasteiger partial charge in [-0.3, -0.25) is 19.9 Å². The van der Waals surface area contributed by atoms with Gasteiger partial charge in [-0.15, -0.1) is 0 Å². The van der Waals surface area contributed by atoms with Crippen molar-refractivity contribution < 1.29 is 50.3 Å². The maximum Gasteiger partial charge on any atom is 0.418 e. The number of anilines is 3. The summed E-state index contributed by atoms with van der Waals surface area (Å²) >= 11 is 0. The van der Waals surface area contributed by atoms with Crippen LogP contribution in [0.4, 0.5) is 58.7 Å². The van der Waals surface area contributed by atoms with Crippen LogP contribution in [0.25, 0.3) is 0 Å². The molecule has 2 saturated heterocycles. The molecule has 0 aromatic heterocycles. The third-order valence-corrected chi connectivity index (χ3v) is 7.00. The number of nitrogen functional groups attached to an aromatic ring is 1. The Morgan fingerprint density at radius 2 is 1.17 bits per heavy atom. The molecule has 0 saturated carbocycles. The largest absolute Gasteiger partial charge is 0.418 e. The number of amides is 4. The Labute approximate surface area is 271 Å². The Kier molecular flexibility index (Phi) is 14.0. The molecular weight excluding hydrogens is 658 g/mol. The van der Waals surface area contributed by atoms with Crippen molar-refractivity contribution >= 4 is 34.8 Å². The summed E-state index contributed by atoms with van der Waals surface area (Å²) in [6.07, 6.45) is -9.42. The topological polar surface area (TPSA) is 176 Å². The number of carbonyl (C=O) groups excluding carboxylic acids is 2. The minimum Gasteiger partial charge on any atom is -0.399 e. The molecule has 0 unspecified atom stereocenters. The molecule has 0 aliphatic carbocycles. The molecule has 6 N–H and O–H groups in total. The number of alkyl halides is 6. The van der Waals surface area contributed by atoms with E-state index in [1.807, 2.05) is 0 Å². The number of nitro groups is 1. The fourth-order valence-electron chi connectivity index (χ4n) is 4.53. The summed E-state index contributed by atoms with van der Waals surface area (Å²) in [6, 6.07) is 3.90. The fourth-order valence-corrected chi connectivity index (χ4v) is 4.53. The van der Waals surface area contributed by atoms with Crippen LogP contribution in [-0.4, -0.2) is 106 Å². The van der Waals surface area contributed by atoms with Crippen molar-refractivity contribution in [3.05, 3.63) is 57.6 Å². The normalized spacial score (nSPS) is 15.9. The van der Waals surface area contributed by atoms with Crippen molar-refractivity contribution in [2.75, 3.05) is 95.2 Å². The van der Waals surface area contributed by atoms with E-state index in [4.69, 9.17) is 15.2 Å². The van der Waals surface area contributed by atoms with E-state index in [-0.39, 0.29) is 17.9 Å². The second-order valence-corrected chi connectivity index (χ2v) is 10.5. The number of ether oxygens (including phenoxy) is 2. The van der Waals surface area contributed by atoms with Crippen molar-refractivity contribution in [1.82, 2.24) is 20.4 Å². The van der Waals surface area contributed by atoms with E-state index >= 15 is 0 Å². The summed E-state index contributed by atoms with van der Waals surface area (Å²) in [6.45, 7) is 7.25. The van der Waals surface area contributed by atoms with Gasteiger partial charge >= 0.3 is 24.4 Å². The molecule has 0 radical (unpaired) electrons. The van der Waals surface area contributed by atoms with Crippen molar-refractivity contribution in [3.8, 4) is 0 Å². The van der Waals surface area contributed by atoms with E-state index in [9.17, 15) is 46.0 Å². The Balaban J connectivity index is 0.000000261. The lowest BCUT2D eigenvalue weighted by Gasteiger charge is -2.26. The van der Waals surface area contributed by atoms with Crippen molar-refractivity contribution in [2.24, 2.45) is 0 Å². The Hall–Kier alpha value is -4.40. The molecule has 2 heterocycles. The fraction of sp³-hybridized carbons (Fsp3) is 0.500. The summed E-state index contributed by atoms with van der Waals surface area (Å²) in [5.41, 5.74) is 1.54. The predicted molar refractivity (Wildman–Crippen MR) is 163 cm³/mol. The zero-order valence-corrected chi connectivity index (χ0v) is 25.6. The molecular formula is C28H36F6N8O6. The first-order valence-corrected chi connectivity index (χ1v) is 14.7. The summed E-state index contributed by atoms with van der Waals surface area (Å²) < 4.78 is 88.2. The highest BCUT2D eigenvalue weighted by Gasteiger charge is 2.36. The zero-order valence-electron chi connectivity index (χ0n) is 25.6. The second-order valence-electron chi connectivity index (χ2n) is 10.5. The number of carbonyl (C=O) groups is 2. The van der Waals surface area contributed by atoms with Crippen LogP contribution in [0.5, 0.6) is 0 Å². The smallest absolute Gasteiger partial charge is 0.399 e. The predicted octanol–water partition coefficient (Wildman–Crippen LogP) is 3.81. The van der Waals surface area contributed by atoms with Gasteiger partial charge in [-0.1, -0.05) is 0 Å². The van der Waals surface area contributed by atoms with E-state index in [2.05, 4.69) is 31.1 Å². The van der Waals surface area contributed by atoms with E-state index in [1.54, 1.807) is 0 Å².